The molecule has 26 heavy (non-hydrogen) atoms. The number of aliphatic hydroxyl groups is 1. The maximum absolute atomic E-state index is 12.8. The van der Waals surface area contributed by atoms with Crippen LogP contribution in [0.3, 0.4) is 0 Å². The highest BCUT2D eigenvalue weighted by molar-refractivity contribution is 6.10. The van der Waals surface area contributed by atoms with Crippen molar-refractivity contribution in [2.45, 2.75) is 32.4 Å². The van der Waals surface area contributed by atoms with Crippen LogP contribution in [0.2, 0.25) is 0 Å². The van der Waals surface area contributed by atoms with Crippen molar-refractivity contribution in [2.24, 2.45) is 0 Å². The molecule has 0 saturated carbocycles. The van der Waals surface area contributed by atoms with E-state index in [4.69, 9.17) is 9.47 Å². The summed E-state index contributed by atoms with van der Waals surface area (Å²) < 4.78 is 11.0. The molecule has 0 unspecified atom stereocenters. The highest BCUT2D eigenvalue weighted by atomic mass is 16.5. The van der Waals surface area contributed by atoms with Gasteiger partial charge in [0.1, 0.15) is 24.2 Å². The number of ketones is 1. The number of carbonyl (C=O) groups is 1. The van der Waals surface area contributed by atoms with Crippen molar-refractivity contribution >= 4 is 5.78 Å². The number of aliphatic hydroxyl groups excluding tert-OH is 1. The molecule has 0 bridgehead atoms. The van der Waals surface area contributed by atoms with E-state index >= 15 is 0 Å². The van der Waals surface area contributed by atoms with Gasteiger partial charge in [-0.05, 0) is 32.9 Å². The van der Waals surface area contributed by atoms with Crippen molar-refractivity contribution in [1.82, 2.24) is 5.32 Å². The molecular weight excluding hydrogens is 330 g/mol. The average molecular weight is 357 g/mol. The number of β-amino-alcohol motifs (C(OH)–C–C–N with tert-alkyl or cyclic N) is 1. The van der Waals surface area contributed by atoms with E-state index in [0.717, 1.165) is 0 Å². The Balaban J connectivity index is 2.14. The summed E-state index contributed by atoms with van der Waals surface area (Å²) in [4.78, 5) is 12.8. The number of nitrogens with one attached hydrogen (secondary N) is 1. The average Bonchev–Trinajstić information content (AvgIpc) is 2.64. The molecule has 2 aromatic rings. The van der Waals surface area contributed by atoms with Gasteiger partial charge in [-0.3, -0.25) is 4.79 Å². The number of methoxy groups -OCH3 is 1. The Bertz CT molecular complexity index is 723. The summed E-state index contributed by atoms with van der Waals surface area (Å²) in [6.45, 7) is 6.55. The maximum Gasteiger partial charge on any atom is 0.196 e. The summed E-state index contributed by atoms with van der Waals surface area (Å²) in [5.74, 6) is 0.852. The first-order valence-electron chi connectivity index (χ1n) is 8.64. The van der Waals surface area contributed by atoms with E-state index in [1.807, 2.05) is 39.0 Å². The molecule has 2 aromatic carbocycles. The maximum atomic E-state index is 12.8. The van der Waals surface area contributed by atoms with Gasteiger partial charge in [-0.15, -0.1) is 0 Å². The zero-order valence-corrected chi connectivity index (χ0v) is 15.8. The van der Waals surface area contributed by atoms with E-state index in [1.165, 1.54) is 0 Å². The van der Waals surface area contributed by atoms with Crippen LogP contribution in [-0.4, -0.2) is 42.8 Å². The van der Waals surface area contributed by atoms with E-state index < -0.39 is 6.10 Å². The molecule has 5 nitrogen and oxygen atoms in total. The SMILES string of the molecule is COc1ccc(C(=O)c2ccccc2)c(OC[C@@H](O)CNC(C)(C)C)c1. The summed E-state index contributed by atoms with van der Waals surface area (Å²) in [7, 11) is 1.56. The second kappa shape index (κ2) is 8.83. The van der Waals surface area contributed by atoms with Crippen molar-refractivity contribution in [3.05, 3.63) is 59.7 Å². The highest BCUT2D eigenvalue weighted by Crippen LogP contribution is 2.27. The van der Waals surface area contributed by atoms with Crippen LogP contribution in [0.5, 0.6) is 11.5 Å². The zero-order valence-electron chi connectivity index (χ0n) is 15.8. The molecule has 0 aromatic heterocycles. The van der Waals surface area contributed by atoms with Crippen LogP contribution in [0.4, 0.5) is 0 Å². The fraction of sp³-hybridized carbons (Fsp3) is 0.381. The van der Waals surface area contributed by atoms with Crippen LogP contribution in [0.15, 0.2) is 48.5 Å². The molecule has 0 spiro atoms. The molecule has 140 valence electrons. The predicted molar refractivity (Wildman–Crippen MR) is 102 cm³/mol. The molecule has 0 amide bonds. The minimum Gasteiger partial charge on any atom is -0.497 e. The Hall–Kier alpha value is -2.37. The van der Waals surface area contributed by atoms with Crippen molar-refractivity contribution in [3.63, 3.8) is 0 Å². The van der Waals surface area contributed by atoms with Crippen molar-refractivity contribution in [1.29, 1.82) is 0 Å². The Morgan fingerprint density at radius 3 is 2.46 bits per heavy atom. The normalized spacial score (nSPS) is 12.5. The lowest BCUT2D eigenvalue weighted by Gasteiger charge is -2.23. The van der Waals surface area contributed by atoms with Gasteiger partial charge in [0, 0.05) is 23.7 Å². The third-order valence-electron chi connectivity index (χ3n) is 3.77. The summed E-state index contributed by atoms with van der Waals surface area (Å²) in [6, 6.07) is 14.1. The Morgan fingerprint density at radius 2 is 1.85 bits per heavy atom. The Morgan fingerprint density at radius 1 is 1.15 bits per heavy atom. The number of benzene rings is 2. The summed E-state index contributed by atoms with van der Waals surface area (Å²) in [6.07, 6.45) is -0.694. The molecule has 1 atom stereocenters. The van der Waals surface area contributed by atoms with Crippen molar-refractivity contribution in [3.8, 4) is 11.5 Å². The first-order chi connectivity index (χ1) is 12.3. The van der Waals surface area contributed by atoms with Gasteiger partial charge in [0.2, 0.25) is 0 Å². The van der Waals surface area contributed by atoms with Crippen LogP contribution in [-0.2, 0) is 0 Å². The molecule has 2 N–H and O–H groups in total. The molecule has 0 heterocycles. The van der Waals surface area contributed by atoms with Gasteiger partial charge in [0.15, 0.2) is 5.78 Å². The molecule has 0 aliphatic rings. The van der Waals surface area contributed by atoms with Gasteiger partial charge in [0.05, 0.1) is 12.7 Å². The first kappa shape index (κ1) is 19.9. The first-order valence-corrected chi connectivity index (χ1v) is 8.64. The topological polar surface area (TPSA) is 67.8 Å². The van der Waals surface area contributed by atoms with Crippen LogP contribution in [0.25, 0.3) is 0 Å². The molecule has 5 heteroatoms. The number of carbonyl (C=O) groups excluding carboxylic acids is 1. The van der Waals surface area contributed by atoms with E-state index in [9.17, 15) is 9.90 Å². The van der Waals surface area contributed by atoms with E-state index in [2.05, 4.69) is 5.32 Å². The molecule has 2 rings (SSSR count). The molecule has 0 aliphatic carbocycles. The van der Waals surface area contributed by atoms with Gasteiger partial charge in [-0.2, -0.15) is 0 Å². The molecular formula is C21H27NO4. The summed E-state index contributed by atoms with van der Waals surface area (Å²) >= 11 is 0. The van der Waals surface area contributed by atoms with Crippen LogP contribution >= 0.6 is 0 Å². The summed E-state index contributed by atoms with van der Waals surface area (Å²) in [5, 5.41) is 13.4. The zero-order chi connectivity index (χ0) is 19.2. The van der Waals surface area contributed by atoms with E-state index in [0.29, 0.717) is 29.2 Å². The second-order valence-electron chi connectivity index (χ2n) is 7.15. The Labute approximate surface area is 155 Å². The van der Waals surface area contributed by atoms with E-state index in [1.54, 1.807) is 37.4 Å². The van der Waals surface area contributed by atoms with Gasteiger partial charge in [0.25, 0.3) is 0 Å². The second-order valence-corrected chi connectivity index (χ2v) is 7.15. The van der Waals surface area contributed by atoms with Crippen LogP contribution in [0.1, 0.15) is 36.7 Å². The molecule has 0 radical (unpaired) electrons. The predicted octanol–water partition coefficient (Wildman–Crippen LogP) is 3.05. The fourth-order valence-corrected chi connectivity index (χ4v) is 2.35. The number of hydrogen-bond donors (Lipinski definition) is 2. The minimum atomic E-state index is -0.694. The monoisotopic (exact) mass is 357 g/mol. The van der Waals surface area contributed by atoms with Gasteiger partial charge in [-0.25, -0.2) is 0 Å². The lowest BCUT2D eigenvalue weighted by atomic mass is 10.0. The molecule has 0 saturated heterocycles. The molecule has 0 fully saturated rings. The summed E-state index contributed by atoms with van der Waals surface area (Å²) in [5.41, 5.74) is 0.927. The largest absolute Gasteiger partial charge is 0.497 e. The minimum absolute atomic E-state index is 0.0747. The lowest BCUT2D eigenvalue weighted by molar-refractivity contribution is 0.0958. The van der Waals surface area contributed by atoms with E-state index in [-0.39, 0.29) is 17.9 Å². The van der Waals surface area contributed by atoms with Crippen LogP contribution < -0.4 is 14.8 Å². The van der Waals surface area contributed by atoms with Gasteiger partial charge in [-0.1, -0.05) is 30.3 Å². The quantitative estimate of drug-likeness (QED) is 0.711. The van der Waals surface area contributed by atoms with Crippen LogP contribution in [0, 0.1) is 0 Å². The van der Waals surface area contributed by atoms with Crippen molar-refractivity contribution in [2.75, 3.05) is 20.3 Å². The Kier molecular flexibility index (Phi) is 6.77. The van der Waals surface area contributed by atoms with Gasteiger partial charge < -0.3 is 19.9 Å². The number of rotatable bonds is 8. The smallest absolute Gasteiger partial charge is 0.196 e. The third-order valence-corrected chi connectivity index (χ3v) is 3.77. The van der Waals surface area contributed by atoms with Crippen molar-refractivity contribution < 1.29 is 19.4 Å². The fourth-order valence-electron chi connectivity index (χ4n) is 2.35. The number of ether oxygens (including phenoxy) is 2. The lowest BCUT2D eigenvalue weighted by Crippen LogP contribution is -2.42. The highest BCUT2D eigenvalue weighted by Gasteiger charge is 2.18. The molecule has 0 aliphatic heterocycles. The van der Waals surface area contributed by atoms with Gasteiger partial charge >= 0.3 is 0 Å². The number of hydrogen-bond acceptors (Lipinski definition) is 5. The standard InChI is InChI=1S/C21H27NO4/c1-21(2,3)22-13-16(23)14-26-19-12-17(25-4)10-11-18(19)20(24)15-8-6-5-7-9-15/h5-12,16,22-23H,13-14H2,1-4H3/t16-/m0/s1. The third kappa shape index (κ3) is 5.86.